The highest BCUT2D eigenvalue weighted by atomic mass is 19.4. The number of hydrogen-bond acceptors (Lipinski definition) is 3. The fourth-order valence-electron chi connectivity index (χ4n) is 1.48. The largest absolute Gasteiger partial charge is 0.416 e. The van der Waals surface area contributed by atoms with Crippen LogP contribution in [0.15, 0.2) is 12.1 Å². The molecule has 0 saturated heterocycles. The Morgan fingerprint density at radius 1 is 1.29 bits per heavy atom. The molecule has 2 rings (SSSR count). The maximum atomic E-state index is 12.7. The summed E-state index contributed by atoms with van der Waals surface area (Å²) < 4.78 is 38.0. The van der Waals surface area contributed by atoms with E-state index in [1.54, 1.807) is 0 Å². The quantitative estimate of drug-likeness (QED) is 0.855. The summed E-state index contributed by atoms with van der Waals surface area (Å²) in [4.78, 5) is 4.09. The van der Waals surface area contributed by atoms with Crippen LogP contribution in [-0.2, 0) is 6.18 Å². The van der Waals surface area contributed by atoms with Crippen LogP contribution in [0.1, 0.15) is 25.3 Å². The van der Waals surface area contributed by atoms with E-state index in [1.807, 2.05) is 6.92 Å². The Balaban J connectivity index is 2.27. The molecule has 1 fully saturated rings. The number of nitrogens with zero attached hydrogens (tertiary/aromatic N) is 1. The molecule has 6 heteroatoms. The SMILES string of the molecule is CCNc1cc(C(F)(F)F)cc(NC2CC2)n1. The van der Waals surface area contributed by atoms with Crippen LogP contribution in [0.2, 0.25) is 0 Å². The van der Waals surface area contributed by atoms with Gasteiger partial charge >= 0.3 is 6.18 Å². The first-order valence-electron chi connectivity index (χ1n) is 5.58. The minimum absolute atomic E-state index is 0.255. The summed E-state index contributed by atoms with van der Waals surface area (Å²) >= 11 is 0. The van der Waals surface area contributed by atoms with Gasteiger partial charge in [0, 0.05) is 12.6 Å². The van der Waals surface area contributed by atoms with E-state index in [2.05, 4.69) is 15.6 Å². The molecular weight excluding hydrogens is 231 g/mol. The van der Waals surface area contributed by atoms with Crippen molar-refractivity contribution < 1.29 is 13.2 Å². The number of alkyl halides is 3. The van der Waals surface area contributed by atoms with Crippen molar-refractivity contribution in [1.82, 2.24) is 4.98 Å². The average molecular weight is 245 g/mol. The van der Waals surface area contributed by atoms with E-state index in [-0.39, 0.29) is 11.9 Å². The van der Waals surface area contributed by atoms with Gasteiger partial charge in [0.25, 0.3) is 0 Å². The molecule has 1 aromatic rings. The van der Waals surface area contributed by atoms with E-state index in [4.69, 9.17) is 0 Å². The summed E-state index contributed by atoms with van der Waals surface area (Å²) in [7, 11) is 0. The smallest absolute Gasteiger partial charge is 0.370 e. The minimum atomic E-state index is -4.34. The first kappa shape index (κ1) is 12.0. The molecule has 1 aliphatic rings. The molecule has 94 valence electrons. The lowest BCUT2D eigenvalue weighted by Gasteiger charge is -2.12. The molecule has 1 aromatic heterocycles. The molecular formula is C11H14F3N3. The third-order valence-electron chi connectivity index (χ3n) is 2.44. The van der Waals surface area contributed by atoms with E-state index in [0.29, 0.717) is 12.4 Å². The molecule has 1 heterocycles. The third kappa shape index (κ3) is 3.25. The molecule has 3 nitrogen and oxygen atoms in total. The van der Waals surface area contributed by atoms with E-state index < -0.39 is 11.7 Å². The molecule has 0 aromatic carbocycles. The molecule has 0 unspecified atom stereocenters. The maximum absolute atomic E-state index is 12.7. The molecule has 0 bridgehead atoms. The standard InChI is InChI=1S/C11H14F3N3/c1-2-15-9-5-7(11(12,13)14)6-10(17-9)16-8-3-4-8/h5-6,8H,2-4H2,1H3,(H2,15,16,17). The van der Waals surface area contributed by atoms with E-state index in [1.165, 1.54) is 0 Å². The topological polar surface area (TPSA) is 37.0 Å². The van der Waals surface area contributed by atoms with Gasteiger partial charge in [-0.15, -0.1) is 0 Å². The van der Waals surface area contributed by atoms with Crippen LogP contribution in [0.3, 0.4) is 0 Å². The van der Waals surface area contributed by atoms with E-state index >= 15 is 0 Å². The van der Waals surface area contributed by atoms with E-state index in [0.717, 1.165) is 25.0 Å². The van der Waals surface area contributed by atoms with Crippen molar-refractivity contribution in [3.63, 3.8) is 0 Å². The lowest BCUT2D eigenvalue weighted by Crippen LogP contribution is -2.11. The second kappa shape index (κ2) is 4.43. The Kier molecular flexibility index (Phi) is 3.13. The first-order chi connectivity index (χ1) is 7.99. The molecule has 17 heavy (non-hydrogen) atoms. The zero-order valence-electron chi connectivity index (χ0n) is 9.43. The highest BCUT2D eigenvalue weighted by molar-refractivity contribution is 5.50. The number of pyridine rings is 1. The predicted molar refractivity (Wildman–Crippen MR) is 60.0 cm³/mol. The summed E-state index contributed by atoms with van der Waals surface area (Å²) in [6.07, 6.45) is -2.35. The van der Waals surface area contributed by atoms with Crippen LogP contribution < -0.4 is 10.6 Å². The summed E-state index contributed by atoms with van der Waals surface area (Å²) in [5, 5.41) is 5.78. The molecule has 1 saturated carbocycles. The van der Waals surface area contributed by atoms with Gasteiger partial charge in [-0.05, 0) is 31.9 Å². The summed E-state index contributed by atoms with van der Waals surface area (Å²) in [5.41, 5.74) is -0.674. The third-order valence-corrected chi connectivity index (χ3v) is 2.44. The minimum Gasteiger partial charge on any atom is -0.370 e. The van der Waals surface area contributed by atoms with Crippen molar-refractivity contribution >= 4 is 11.6 Å². The number of nitrogens with one attached hydrogen (secondary N) is 2. The number of aromatic nitrogens is 1. The second-order valence-electron chi connectivity index (χ2n) is 4.07. The molecule has 0 spiro atoms. The van der Waals surface area contributed by atoms with Crippen LogP contribution in [0.4, 0.5) is 24.8 Å². The van der Waals surface area contributed by atoms with Crippen LogP contribution in [0, 0.1) is 0 Å². The highest BCUT2D eigenvalue weighted by Crippen LogP contribution is 2.33. The van der Waals surface area contributed by atoms with Crippen molar-refractivity contribution in [2.75, 3.05) is 17.2 Å². The fraction of sp³-hybridized carbons (Fsp3) is 0.545. The van der Waals surface area contributed by atoms with Crippen LogP contribution in [0.5, 0.6) is 0 Å². The molecule has 0 radical (unpaired) electrons. The Bertz CT molecular complexity index is 399. The Labute approximate surface area is 97.4 Å². The van der Waals surface area contributed by atoms with Crippen LogP contribution >= 0.6 is 0 Å². The lowest BCUT2D eigenvalue weighted by atomic mass is 10.2. The second-order valence-corrected chi connectivity index (χ2v) is 4.07. The van der Waals surface area contributed by atoms with Crippen LogP contribution in [0.25, 0.3) is 0 Å². The van der Waals surface area contributed by atoms with Gasteiger partial charge in [0.1, 0.15) is 11.6 Å². The molecule has 0 amide bonds. The number of halogens is 3. The number of hydrogen-bond donors (Lipinski definition) is 2. The van der Waals surface area contributed by atoms with Gasteiger partial charge in [-0.2, -0.15) is 13.2 Å². The Hall–Kier alpha value is -1.46. The van der Waals surface area contributed by atoms with Crippen molar-refractivity contribution in [3.8, 4) is 0 Å². The number of rotatable bonds is 4. The molecule has 0 aliphatic heterocycles. The van der Waals surface area contributed by atoms with Gasteiger partial charge in [-0.1, -0.05) is 0 Å². The zero-order valence-corrected chi connectivity index (χ0v) is 9.43. The van der Waals surface area contributed by atoms with Crippen molar-refractivity contribution in [1.29, 1.82) is 0 Å². The van der Waals surface area contributed by atoms with Crippen LogP contribution in [-0.4, -0.2) is 17.6 Å². The Morgan fingerprint density at radius 3 is 2.47 bits per heavy atom. The highest BCUT2D eigenvalue weighted by Gasteiger charge is 2.32. The molecule has 1 aliphatic carbocycles. The molecule has 0 atom stereocenters. The molecule has 2 N–H and O–H groups in total. The van der Waals surface area contributed by atoms with Crippen molar-refractivity contribution in [2.24, 2.45) is 0 Å². The van der Waals surface area contributed by atoms with Gasteiger partial charge in [0.15, 0.2) is 0 Å². The normalized spacial score (nSPS) is 15.8. The maximum Gasteiger partial charge on any atom is 0.416 e. The summed E-state index contributed by atoms with van der Waals surface area (Å²) in [5.74, 6) is 0.545. The first-order valence-corrected chi connectivity index (χ1v) is 5.58. The summed E-state index contributed by atoms with van der Waals surface area (Å²) in [6, 6.07) is 2.36. The van der Waals surface area contributed by atoms with Crippen molar-refractivity contribution in [3.05, 3.63) is 17.7 Å². The fourth-order valence-corrected chi connectivity index (χ4v) is 1.48. The van der Waals surface area contributed by atoms with E-state index in [9.17, 15) is 13.2 Å². The number of anilines is 2. The monoisotopic (exact) mass is 245 g/mol. The Morgan fingerprint density at radius 2 is 1.94 bits per heavy atom. The van der Waals surface area contributed by atoms with Gasteiger partial charge in [-0.25, -0.2) is 4.98 Å². The summed E-state index contributed by atoms with van der Waals surface area (Å²) in [6.45, 7) is 2.35. The van der Waals surface area contributed by atoms with Crippen molar-refractivity contribution in [2.45, 2.75) is 32.0 Å². The average Bonchev–Trinajstić information content (AvgIpc) is 3.00. The van der Waals surface area contributed by atoms with Gasteiger partial charge in [0.2, 0.25) is 0 Å². The van der Waals surface area contributed by atoms with Gasteiger partial charge < -0.3 is 10.6 Å². The zero-order chi connectivity index (χ0) is 12.5. The lowest BCUT2D eigenvalue weighted by molar-refractivity contribution is -0.137. The predicted octanol–water partition coefficient (Wildman–Crippen LogP) is 3.11. The van der Waals surface area contributed by atoms with Gasteiger partial charge in [-0.3, -0.25) is 0 Å². The van der Waals surface area contributed by atoms with Gasteiger partial charge in [0.05, 0.1) is 5.56 Å².